The molecule has 0 N–H and O–H groups in total. The van der Waals surface area contributed by atoms with Crippen molar-refractivity contribution >= 4 is 23.3 Å². The fraction of sp³-hybridized carbons (Fsp3) is 0.350. The van der Waals surface area contributed by atoms with Crippen molar-refractivity contribution in [3.63, 3.8) is 0 Å². The molecule has 0 bridgehead atoms. The summed E-state index contributed by atoms with van der Waals surface area (Å²) in [5, 5.41) is 0.548. The normalized spacial score (nSPS) is 18.4. The number of hydrogen-bond acceptors (Lipinski definition) is 4. The van der Waals surface area contributed by atoms with E-state index in [-0.39, 0.29) is 11.7 Å². The van der Waals surface area contributed by atoms with E-state index in [0.717, 1.165) is 5.56 Å². The first kappa shape index (κ1) is 17.0. The van der Waals surface area contributed by atoms with Gasteiger partial charge in [0.2, 0.25) is 0 Å². The Bertz CT molecular complexity index is 874. The number of amides is 1. The SMILES string of the molecule is Cc1cc(Cl)cc2c1OC1(CCN(C(=O)c3ccncc3)CC1)CC2=O. The van der Waals surface area contributed by atoms with Crippen molar-refractivity contribution < 1.29 is 14.3 Å². The van der Waals surface area contributed by atoms with Gasteiger partial charge in [-0.15, -0.1) is 0 Å². The lowest BCUT2D eigenvalue weighted by atomic mass is 9.82. The summed E-state index contributed by atoms with van der Waals surface area (Å²) in [7, 11) is 0. The maximum atomic E-state index is 12.7. The molecule has 2 aliphatic rings. The number of nitrogens with zero attached hydrogens (tertiary/aromatic N) is 2. The number of likely N-dealkylation sites (tertiary alicyclic amines) is 1. The van der Waals surface area contributed by atoms with E-state index < -0.39 is 5.60 Å². The largest absolute Gasteiger partial charge is 0.486 e. The van der Waals surface area contributed by atoms with Gasteiger partial charge in [0.25, 0.3) is 5.91 Å². The molecule has 1 spiro atoms. The number of halogens is 1. The van der Waals surface area contributed by atoms with Gasteiger partial charge in [-0.1, -0.05) is 11.6 Å². The van der Waals surface area contributed by atoms with Gasteiger partial charge in [0.05, 0.1) is 12.0 Å². The number of aryl methyl sites for hydroxylation is 1. The fourth-order valence-electron chi connectivity index (χ4n) is 3.79. The molecule has 0 atom stereocenters. The third-order valence-corrected chi connectivity index (χ3v) is 5.45. The lowest BCUT2D eigenvalue weighted by molar-refractivity contribution is -0.00617. The molecule has 2 aromatic rings. The number of carbonyl (C=O) groups excluding carboxylic acids is 2. The van der Waals surface area contributed by atoms with Gasteiger partial charge in [0.15, 0.2) is 5.78 Å². The standard InChI is InChI=1S/C20H19ClN2O3/c1-13-10-15(21)11-16-17(24)12-20(26-18(13)16)4-8-23(9-5-20)19(25)14-2-6-22-7-3-14/h2-3,6-7,10-11H,4-5,8-9,12H2,1H3. The van der Waals surface area contributed by atoms with Gasteiger partial charge in [-0.3, -0.25) is 14.6 Å². The quantitative estimate of drug-likeness (QED) is 0.768. The Morgan fingerprint density at radius 2 is 1.92 bits per heavy atom. The molecule has 1 aromatic carbocycles. The third kappa shape index (κ3) is 2.97. The molecule has 3 heterocycles. The van der Waals surface area contributed by atoms with Crippen LogP contribution in [0, 0.1) is 6.92 Å². The first-order valence-corrected chi connectivity index (χ1v) is 9.07. The molecule has 0 unspecified atom stereocenters. The first-order chi connectivity index (χ1) is 12.5. The van der Waals surface area contributed by atoms with Gasteiger partial charge < -0.3 is 9.64 Å². The summed E-state index contributed by atoms with van der Waals surface area (Å²) in [4.78, 5) is 31.0. The summed E-state index contributed by atoms with van der Waals surface area (Å²) in [6, 6.07) is 6.93. The van der Waals surface area contributed by atoms with Crippen LogP contribution in [0.3, 0.4) is 0 Å². The van der Waals surface area contributed by atoms with Crippen molar-refractivity contribution in [1.29, 1.82) is 0 Å². The van der Waals surface area contributed by atoms with Crippen LogP contribution in [-0.2, 0) is 0 Å². The number of ether oxygens (including phenoxy) is 1. The number of aromatic nitrogens is 1. The zero-order valence-electron chi connectivity index (χ0n) is 14.5. The minimum Gasteiger partial charge on any atom is -0.486 e. The molecule has 0 radical (unpaired) electrons. The van der Waals surface area contributed by atoms with Crippen molar-refractivity contribution in [3.8, 4) is 5.75 Å². The predicted molar refractivity (Wildman–Crippen MR) is 97.9 cm³/mol. The molecule has 6 heteroatoms. The highest BCUT2D eigenvalue weighted by Gasteiger charge is 2.44. The van der Waals surface area contributed by atoms with Crippen LogP contribution in [0.1, 0.15) is 45.5 Å². The first-order valence-electron chi connectivity index (χ1n) is 8.69. The third-order valence-electron chi connectivity index (χ3n) is 5.23. The van der Waals surface area contributed by atoms with Crippen molar-refractivity contribution in [1.82, 2.24) is 9.88 Å². The second-order valence-corrected chi connectivity index (χ2v) is 7.45. The van der Waals surface area contributed by atoms with E-state index in [0.29, 0.717) is 54.3 Å². The lowest BCUT2D eigenvalue weighted by Gasteiger charge is -2.44. The van der Waals surface area contributed by atoms with Crippen molar-refractivity contribution in [2.24, 2.45) is 0 Å². The molecule has 26 heavy (non-hydrogen) atoms. The molecule has 2 aliphatic heterocycles. The van der Waals surface area contributed by atoms with Crippen molar-refractivity contribution in [2.75, 3.05) is 13.1 Å². The Labute approximate surface area is 156 Å². The number of fused-ring (bicyclic) bond motifs is 1. The number of rotatable bonds is 1. The highest BCUT2D eigenvalue weighted by molar-refractivity contribution is 6.31. The van der Waals surface area contributed by atoms with Gasteiger partial charge >= 0.3 is 0 Å². The van der Waals surface area contributed by atoms with E-state index in [1.54, 1.807) is 30.6 Å². The monoisotopic (exact) mass is 370 g/mol. The van der Waals surface area contributed by atoms with E-state index in [9.17, 15) is 9.59 Å². The van der Waals surface area contributed by atoms with E-state index in [1.807, 2.05) is 17.9 Å². The maximum Gasteiger partial charge on any atom is 0.253 e. The minimum atomic E-state index is -0.530. The topological polar surface area (TPSA) is 59.5 Å². The highest BCUT2D eigenvalue weighted by atomic mass is 35.5. The van der Waals surface area contributed by atoms with Crippen LogP contribution >= 0.6 is 11.6 Å². The summed E-state index contributed by atoms with van der Waals surface area (Å²) >= 11 is 6.08. The van der Waals surface area contributed by atoms with Crippen molar-refractivity contribution in [2.45, 2.75) is 31.8 Å². The summed E-state index contributed by atoms with van der Waals surface area (Å²) < 4.78 is 6.32. The van der Waals surface area contributed by atoms with Crippen LogP contribution in [0.15, 0.2) is 36.7 Å². The molecule has 4 rings (SSSR count). The van der Waals surface area contributed by atoms with Gasteiger partial charge in [0, 0.05) is 48.9 Å². The van der Waals surface area contributed by atoms with Crippen LogP contribution in [0.5, 0.6) is 5.75 Å². The predicted octanol–water partition coefficient (Wildman–Crippen LogP) is 3.68. The summed E-state index contributed by atoms with van der Waals surface area (Å²) in [5.74, 6) is 0.693. The highest BCUT2D eigenvalue weighted by Crippen LogP contribution is 2.42. The molecule has 0 saturated carbocycles. The fourth-order valence-corrected chi connectivity index (χ4v) is 4.06. The molecule has 1 amide bonds. The molecule has 1 fully saturated rings. The van der Waals surface area contributed by atoms with Crippen LogP contribution in [0.2, 0.25) is 5.02 Å². The molecule has 1 aromatic heterocycles. The summed E-state index contributed by atoms with van der Waals surface area (Å²) in [5.41, 5.74) is 1.54. The zero-order chi connectivity index (χ0) is 18.3. The second-order valence-electron chi connectivity index (χ2n) is 7.01. The Kier molecular flexibility index (Phi) is 4.19. The van der Waals surface area contributed by atoms with E-state index in [4.69, 9.17) is 16.3 Å². The number of ketones is 1. The molecular weight excluding hydrogens is 352 g/mol. The minimum absolute atomic E-state index is 0.00671. The van der Waals surface area contributed by atoms with Gasteiger partial charge in [-0.2, -0.15) is 0 Å². The smallest absolute Gasteiger partial charge is 0.253 e. The van der Waals surface area contributed by atoms with Crippen LogP contribution in [0.25, 0.3) is 0 Å². The zero-order valence-corrected chi connectivity index (χ0v) is 15.3. The number of Topliss-reactive ketones (excluding diaryl/α,β-unsaturated/α-hetero) is 1. The summed E-state index contributed by atoms with van der Waals surface area (Å²) in [6.07, 6.45) is 4.84. The van der Waals surface area contributed by atoms with Crippen LogP contribution in [0.4, 0.5) is 0 Å². The summed E-state index contributed by atoms with van der Waals surface area (Å²) in [6.45, 7) is 3.03. The van der Waals surface area contributed by atoms with E-state index in [2.05, 4.69) is 4.98 Å². The Balaban J connectivity index is 1.52. The molecule has 134 valence electrons. The Hall–Kier alpha value is -2.40. The van der Waals surface area contributed by atoms with Gasteiger partial charge in [-0.25, -0.2) is 0 Å². The lowest BCUT2D eigenvalue weighted by Crippen LogP contribution is -2.52. The van der Waals surface area contributed by atoms with E-state index in [1.165, 1.54) is 0 Å². The number of hydrogen-bond donors (Lipinski definition) is 0. The second kappa shape index (κ2) is 6.40. The Morgan fingerprint density at radius 1 is 1.23 bits per heavy atom. The van der Waals surface area contributed by atoms with Gasteiger partial charge in [-0.05, 0) is 36.8 Å². The average molecular weight is 371 g/mol. The maximum absolute atomic E-state index is 12.7. The molecule has 1 saturated heterocycles. The number of benzene rings is 1. The van der Waals surface area contributed by atoms with Crippen LogP contribution in [-0.4, -0.2) is 40.3 Å². The van der Waals surface area contributed by atoms with E-state index >= 15 is 0 Å². The Morgan fingerprint density at radius 3 is 2.62 bits per heavy atom. The molecule has 5 nitrogen and oxygen atoms in total. The van der Waals surface area contributed by atoms with Crippen molar-refractivity contribution in [3.05, 3.63) is 58.4 Å². The number of piperidine rings is 1. The molecular formula is C20H19ClN2O3. The average Bonchev–Trinajstić information content (AvgIpc) is 2.64. The molecule has 0 aliphatic carbocycles. The van der Waals surface area contributed by atoms with Gasteiger partial charge in [0.1, 0.15) is 11.4 Å². The van der Waals surface area contributed by atoms with Crippen LogP contribution < -0.4 is 4.74 Å². The number of carbonyl (C=O) groups is 2. The number of pyridine rings is 1.